The molecule has 0 spiro atoms. The fourth-order valence-electron chi connectivity index (χ4n) is 3.14. The van der Waals surface area contributed by atoms with Crippen molar-refractivity contribution in [2.45, 2.75) is 117 Å². The molecular weight excluding hydrogens is 502 g/mol. The van der Waals surface area contributed by atoms with Gasteiger partial charge < -0.3 is 5.11 Å². The summed E-state index contributed by atoms with van der Waals surface area (Å²) in [6.45, 7) is 20.7. The first-order chi connectivity index (χ1) is 18.8. The standard InChI is InChI=1S/C18H37.C8H8.C4H6O2.C3H3N.C2H3Cl/c1-3-5-7-9-11-13-15-17-18-16-14-12-10-8-6-4-2;1-2-8-6-4-3-5-7-8;1-3(2)4(5)6;1-2-3-4;1-2-3/h1,3-18H2,2H3;2-7H,1H2;1H2,2H3,(H,5,6);2H,1H2;2H,1H2. The van der Waals surface area contributed by atoms with Gasteiger partial charge in [0, 0.05) is 11.6 Å². The van der Waals surface area contributed by atoms with E-state index in [0.717, 1.165) is 6.42 Å². The number of aliphatic carboxylic acids is 1. The Balaban J connectivity index is -0.000000238. The third kappa shape index (κ3) is 52.6. The van der Waals surface area contributed by atoms with Gasteiger partial charge in [0.1, 0.15) is 0 Å². The number of carbonyl (C=O) groups is 1. The second-order valence-electron chi connectivity index (χ2n) is 8.99. The molecule has 0 aliphatic carbocycles. The maximum Gasteiger partial charge on any atom is 0.330 e. The molecule has 0 aromatic heterocycles. The highest BCUT2D eigenvalue weighted by Gasteiger charge is 1.93. The van der Waals surface area contributed by atoms with Crippen molar-refractivity contribution >= 4 is 23.6 Å². The van der Waals surface area contributed by atoms with Crippen LogP contribution in [-0.4, -0.2) is 11.1 Å². The molecule has 1 radical (unpaired) electrons. The molecule has 0 aliphatic rings. The second-order valence-corrected chi connectivity index (χ2v) is 9.30. The van der Waals surface area contributed by atoms with E-state index in [1.807, 2.05) is 36.4 Å². The van der Waals surface area contributed by atoms with Gasteiger partial charge in [-0.1, -0.05) is 191 Å². The smallest absolute Gasteiger partial charge is 0.330 e. The number of hydrogen-bond donors (Lipinski definition) is 1. The maximum absolute atomic E-state index is 9.60. The van der Waals surface area contributed by atoms with E-state index in [4.69, 9.17) is 22.0 Å². The van der Waals surface area contributed by atoms with Crippen molar-refractivity contribution in [2.75, 3.05) is 0 Å². The minimum absolute atomic E-state index is 0.176. The average molecular weight is 559 g/mol. The zero-order chi connectivity index (χ0) is 30.4. The number of allylic oxidation sites excluding steroid dienone is 1. The fraction of sp³-hybridized carbons (Fsp3) is 0.514. The normalized spacial score (nSPS) is 8.69. The molecule has 1 aromatic carbocycles. The van der Waals surface area contributed by atoms with Crippen LogP contribution in [0.25, 0.3) is 6.08 Å². The number of carboxylic acids is 1. The zero-order valence-electron chi connectivity index (χ0n) is 25.1. The summed E-state index contributed by atoms with van der Waals surface area (Å²) in [6.07, 6.45) is 25.8. The lowest BCUT2D eigenvalue weighted by atomic mass is 10.0. The topological polar surface area (TPSA) is 61.1 Å². The summed E-state index contributed by atoms with van der Waals surface area (Å²) in [6, 6.07) is 11.7. The van der Waals surface area contributed by atoms with Gasteiger partial charge in [-0.3, -0.25) is 0 Å². The summed E-state index contributed by atoms with van der Waals surface area (Å²) >= 11 is 4.76. The van der Waals surface area contributed by atoms with Crippen LogP contribution in [0.1, 0.15) is 122 Å². The van der Waals surface area contributed by atoms with Crippen molar-refractivity contribution in [3.8, 4) is 6.07 Å². The Labute approximate surface area is 247 Å². The Morgan fingerprint density at radius 3 is 1.36 bits per heavy atom. The summed E-state index contributed by atoms with van der Waals surface area (Å²) in [5.41, 5.74) is 2.57. The van der Waals surface area contributed by atoms with E-state index in [1.54, 1.807) is 6.07 Å². The highest BCUT2D eigenvalue weighted by molar-refractivity contribution is 6.25. The summed E-state index contributed by atoms with van der Waals surface area (Å²) in [5.74, 6) is -0.935. The summed E-state index contributed by atoms with van der Waals surface area (Å²) in [4.78, 5) is 9.60. The minimum atomic E-state index is -0.935. The first kappa shape index (κ1) is 43.5. The summed E-state index contributed by atoms with van der Waals surface area (Å²) < 4.78 is 0. The Morgan fingerprint density at radius 1 is 0.846 bits per heavy atom. The lowest BCUT2D eigenvalue weighted by molar-refractivity contribution is -0.132. The van der Waals surface area contributed by atoms with Crippen molar-refractivity contribution in [3.05, 3.63) is 86.3 Å². The van der Waals surface area contributed by atoms with Crippen LogP contribution >= 0.6 is 11.6 Å². The molecule has 39 heavy (non-hydrogen) atoms. The van der Waals surface area contributed by atoms with Gasteiger partial charge in [-0.2, -0.15) is 5.26 Å². The SMILES string of the molecule is C=C(C)C(=O)O.C=CC#N.C=CCl.C=Cc1ccccc1.[CH2]CCCCCCCCCCCCCCCCC. The molecule has 0 amide bonds. The van der Waals surface area contributed by atoms with E-state index in [9.17, 15) is 4.79 Å². The van der Waals surface area contributed by atoms with Crippen LogP contribution in [0.2, 0.25) is 0 Å². The van der Waals surface area contributed by atoms with Crippen LogP contribution in [0.5, 0.6) is 0 Å². The van der Waals surface area contributed by atoms with Crippen LogP contribution in [0, 0.1) is 18.3 Å². The van der Waals surface area contributed by atoms with E-state index in [0.29, 0.717) is 0 Å². The van der Waals surface area contributed by atoms with E-state index >= 15 is 0 Å². The Kier molecular flexibility index (Phi) is 47.4. The number of nitriles is 1. The van der Waals surface area contributed by atoms with E-state index < -0.39 is 5.97 Å². The highest BCUT2D eigenvalue weighted by Crippen LogP contribution is 2.13. The molecule has 0 heterocycles. The van der Waals surface area contributed by atoms with Gasteiger partial charge in [0.15, 0.2) is 0 Å². The predicted molar refractivity (Wildman–Crippen MR) is 176 cm³/mol. The lowest BCUT2D eigenvalue weighted by Gasteiger charge is -2.03. The van der Waals surface area contributed by atoms with Gasteiger partial charge in [0.2, 0.25) is 0 Å². The minimum Gasteiger partial charge on any atom is -0.478 e. The molecule has 221 valence electrons. The molecule has 0 atom stereocenters. The third-order valence-electron chi connectivity index (χ3n) is 5.35. The van der Waals surface area contributed by atoms with Crippen molar-refractivity contribution in [1.82, 2.24) is 0 Å². The predicted octanol–water partition coefficient (Wildman–Crippen LogP) is 12.1. The van der Waals surface area contributed by atoms with Gasteiger partial charge in [-0.15, -0.1) is 0 Å². The Hall–Kier alpha value is -2.57. The van der Waals surface area contributed by atoms with Crippen LogP contribution in [-0.2, 0) is 4.79 Å². The molecule has 0 saturated heterocycles. The van der Waals surface area contributed by atoms with Crippen molar-refractivity contribution in [2.24, 2.45) is 0 Å². The van der Waals surface area contributed by atoms with Gasteiger partial charge >= 0.3 is 5.97 Å². The van der Waals surface area contributed by atoms with Gasteiger partial charge in [0.05, 0.1) is 6.07 Å². The molecule has 1 rings (SSSR count). The lowest BCUT2D eigenvalue weighted by Crippen LogP contribution is -1.92. The van der Waals surface area contributed by atoms with E-state index in [2.05, 4.69) is 40.2 Å². The molecule has 4 heteroatoms. The zero-order valence-corrected chi connectivity index (χ0v) is 25.9. The molecule has 0 fully saturated rings. The number of unbranched alkanes of at least 4 members (excludes halogenated alkanes) is 15. The van der Waals surface area contributed by atoms with Crippen LogP contribution in [0.3, 0.4) is 0 Å². The molecular formula is C35H57ClNO2. The average Bonchev–Trinajstić information content (AvgIpc) is 2.95. The first-order valence-electron chi connectivity index (χ1n) is 14.4. The van der Waals surface area contributed by atoms with E-state index in [-0.39, 0.29) is 5.57 Å². The molecule has 0 unspecified atom stereocenters. The fourth-order valence-corrected chi connectivity index (χ4v) is 3.14. The largest absolute Gasteiger partial charge is 0.478 e. The first-order valence-corrected chi connectivity index (χ1v) is 14.8. The van der Waals surface area contributed by atoms with Gasteiger partial charge in [-0.05, 0) is 18.0 Å². The second kappa shape index (κ2) is 42.5. The van der Waals surface area contributed by atoms with Crippen molar-refractivity contribution in [3.63, 3.8) is 0 Å². The van der Waals surface area contributed by atoms with Gasteiger partial charge in [-0.25, -0.2) is 4.79 Å². The number of carboxylic acid groups (broad SMARTS) is 1. The molecule has 3 nitrogen and oxygen atoms in total. The number of rotatable bonds is 17. The molecule has 0 aliphatic heterocycles. The number of halogens is 1. The van der Waals surface area contributed by atoms with Crippen LogP contribution in [0.4, 0.5) is 0 Å². The van der Waals surface area contributed by atoms with Crippen molar-refractivity contribution in [1.29, 1.82) is 5.26 Å². The maximum atomic E-state index is 9.60. The Morgan fingerprint density at radius 2 is 1.15 bits per heavy atom. The molecule has 0 bridgehead atoms. The van der Waals surface area contributed by atoms with Crippen molar-refractivity contribution < 1.29 is 9.90 Å². The quantitative estimate of drug-likeness (QED) is 0.117. The highest BCUT2D eigenvalue weighted by atomic mass is 35.5. The molecule has 1 aromatic rings. The van der Waals surface area contributed by atoms with Crippen LogP contribution in [0.15, 0.2) is 73.8 Å². The van der Waals surface area contributed by atoms with E-state index in [1.165, 1.54) is 120 Å². The number of nitrogens with zero attached hydrogens (tertiary/aromatic N) is 1. The van der Waals surface area contributed by atoms with Gasteiger partial charge in [0.25, 0.3) is 0 Å². The number of hydrogen-bond acceptors (Lipinski definition) is 2. The Bertz CT molecular complexity index is 679. The summed E-state index contributed by atoms with van der Waals surface area (Å²) in [7, 11) is 0. The summed E-state index contributed by atoms with van der Waals surface area (Å²) in [5, 5.41) is 15.4. The molecule has 0 saturated carbocycles. The third-order valence-corrected chi connectivity index (χ3v) is 5.35. The number of benzene rings is 1. The monoisotopic (exact) mass is 558 g/mol. The van der Waals surface area contributed by atoms with Crippen LogP contribution < -0.4 is 0 Å². The molecule has 1 N–H and O–H groups in total.